The molecule has 0 radical (unpaired) electrons. The summed E-state index contributed by atoms with van der Waals surface area (Å²) in [5, 5.41) is 9.03. The normalized spacial score (nSPS) is 10.5. The first-order chi connectivity index (χ1) is 7.29. The van der Waals surface area contributed by atoms with Gasteiger partial charge in [0.05, 0.1) is 0 Å². The molecule has 2 rings (SSSR count). The molecule has 0 N–H and O–H groups in total. The monoisotopic (exact) mass is 282 g/mol. The third kappa shape index (κ3) is 2.63. The number of hydrogen-bond donors (Lipinski definition) is 0. The number of hydrogen-bond acceptors (Lipinski definition) is 3. The fourth-order valence-corrected chi connectivity index (χ4v) is 2.58. The molecule has 0 spiro atoms. The predicted molar refractivity (Wildman–Crippen MR) is 67.0 cm³/mol. The Morgan fingerprint density at radius 1 is 1.33 bits per heavy atom. The summed E-state index contributed by atoms with van der Waals surface area (Å²) in [6, 6.07) is 8.50. The van der Waals surface area contributed by atoms with Crippen molar-refractivity contribution in [1.29, 1.82) is 0 Å². The molecular formula is C11H11BrN2S. The second kappa shape index (κ2) is 4.86. The van der Waals surface area contributed by atoms with Gasteiger partial charge in [-0.1, -0.05) is 42.9 Å². The lowest BCUT2D eigenvalue weighted by atomic mass is 10.1. The third-order valence-corrected chi connectivity index (χ3v) is 3.52. The molecule has 2 nitrogen and oxygen atoms in total. The summed E-state index contributed by atoms with van der Waals surface area (Å²) < 4.78 is 0.832. The van der Waals surface area contributed by atoms with E-state index in [4.69, 9.17) is 0 Å². The van der Waals surface area contributed by atoms with Gasteiger partial charge in [-0.25, -0.2) is 0 Å². The first kappa shape index (κ1) is 10.8. The molecule has 0 saturated carbocycles. The average molecular weight is 283 g/mol. The van der Waals surface area contributed by atoms with Crippen LogP contribution in [0.1, 0.15) is 18.9 Å². The van der Waals surface area contributed by atoms with Crippen molar-refractivity contribution in [3.8, 4) is 10.6 Å². The van der Waals surface area contributed by atoms with Crippen LogP contribution in [0.4, 0.5) is 0 Å². The average Bonchev–Trinajstić information content (AvgIpc) is 2.66. The highest BCUT2D eigenvalue weighted by Crippen LogP contribution is 2.26. The van der Waals surface area contributed by atoms with Crippen molar-refractivity contribution >= 4 is 27.3 Å². The van der Waals surface area contributed by atoms with Crippen LogP contribution in [0.15, 0.2) is 28.2 Å². The van der Waals surface area contributed by atoms with Gasteiger partial charge in [0.2, 0.25) is 0 Å². The molecule has 0 aliphatic heterocycles. The highest BCUT2D eigenvalue weighted by Gasteiger charge is 2.04. The van der Waals surface area contributed by atoms with E-state index in [1.807, 2.05) is 0 Å². The minimum atomic E-state index is 0.832. The quantitative estimate of drug-likeness (QED) is 0.853. The lowest BCUT2D eigenvalue weighted by Crippen LogP contribution is -1.84. The van der Waals surface area contributed by atoms with Gasteiger partial charge in [0, 0.05) is 5.56 Å². The minimum Gasteiger partial charge on any atom is -0.137 e. The molecule has 0 fully saturated rings. The van der Waals surface area contributed by atoms with Gasteiger partial charge >= 0.3 is 0 Å². The van der Waals surface area contributed by atoms with Crippen LogP contribution in [-0.2, 0) is 6.42 Å². The van der Waals surface area contributed by atoms with Gasteiger partial charge in [0.1, 0.15) is 5.01 Å². The maximum absolute atomic E-state index is 4.11. The molecule has 4 heteroatoms. The maximum atomic E-state index is 4.11. The largest absolute Gasteiger partial charge is 0.183 e. The highest BCUT2D eigenvalue weighted by atomic mass is 79.9. The first-order valence-electron chi connectivity index (χ1n) is 4.88. The number of aryl methyl sites for hydroxylation is 1. The molecular weight excluding hydrogens is 272 g/mol. The van der Waals surface area contributed by atoms with Gasteiger partial charge in [-0.05, 0) is 34.0 Å². The Bertz CT molecular complexity index is 453. The van der Waals surface area contributed by atoms with E-state index >= 15 is 0 Å². The molecule has 1 aromatic carbocycles. The van der Waals surface area contributed by atoms with Crippen LogP contribution in [0.25, 0.3) is 10.6 Å². The van der Waals surface area contributed by atoms with E-state index in [9.17, 15) is 0 Å². The van der Waals surface area contributed by atoms with Crippen molar-refractivity contribution in [2.45, 2.75) is 19.8 Å². The van der Waals surface area contributed by atoms with Crippen LogP contribution in [0.2, 0.25) is 0 Å². The van der Waals surface area contributed by atoms with E-state index in [-0.39, 0.29) is 0 Å². The molecule has 1 heterocycles. The Hall–Kier alpha value is -0.740. The summed E-state index contributed by atoms with van der Waals surface area (Å²) in [5.74, 6) is 0. The minimum absolute atomic E-state index is 0.832. The number of halogens is 1. The summed E-state index contributed by atoms with van der Waals surface area (Å²) in [6.07, 6.45) is 2.29. The molecule has 1 aromatic heterocycles. The van der Waals surface area contributed by atoms with Gasteiger partial charge in [-0.2, -0.15) is 0 Å². The Balaban J connectivity index is 2.32. The van der Waals surface area contributed by atoms with E-state index in [2.05, 4.69) is 57.3 Å². The van der Waals surface area contributed by atoms with Crippen molar-refractivity contribution in [3.63, 3.8) is 0 Å². The zero-order chi connectivity index (χ0) is 10.7. The number of benzene rings is 1. The number of aromatic nitrogens is 2. The zero-order valence-electron chi connectivity index (χ0n) is 8.40. The zero-order valence-corrected chi connectivity index (χ0v) is 10.8. The summed E-state index contributed by atoms with van der Waals surface area (Å²) >= 11 is 4.89. The summed E-state index contributed by atoms with van der Waals surface area (Å²) in [5.41, 5.74) is 2.52. The second-order valence-electron chi connectivity index (χ2n) is 3.31. The topological polar surface area (TPSA) is 25.8 Å². The van der Waals surface area contributed by atoms with Gasteiger partial charge in [0.15, 0.2) is 3.92 Å². The second-order valence-corrected chi connectivity index (χ2v) is 5.56. The third-order valence-electron chi connectivity index (χ3n) is 2.11. The molecule has 15 heavy (non-hydrogen) atoms. The van der Waals surface area contributed by atoms with Crippen LogP contribution >= 0.6 is 27.3 Å². The molecule has 0 aliphatic rings. The van der Waals surface area contributed by atoms with E-state index in [0.29, 0.717) is 0 Å². The first-order valence-corrected chi connectivity index (χ1v) is 6.49. The molecule has 0 unspecified atom stereocenters. The van der Waals surface area contributed by atoms with E-state index in [0.717, 1.165) is 20.9 Å². The van der Waals surface area contributed by atoms with Crippen molar-refractivity contribution in [1.82, 2.24) is 10.2 Å². The van der Waals surface area contributed by atoms with E-state index in [1.54, 1.807) is 11.3 Å². The molecule has 0 saturated heterocycles. The van der Waals surface area contributed by atoms with Crippen molar-refractivity contribution < 1.29 is 0 Å². The van der Waals surface area contributed by atoms with Crippen LogP contribution in [0.5, 0.6) is 0 Å². The van der Waals surface area contributed by atoms with Gasteiger partial charge in [-0.3, -0.25) is 0 Å². The Morgan fingerprint density at radius 3 is 2.87 bits per heavy atom. The van der Waals surface area contributed by atoms with Crippen LogP contribution in [-0.4, -0.2) is 10.2 Å². The summed E-state index contributed by atoms with van der Waals surface area (Å²) in [6.45, 7) is 2.19. The fraction of sp³-hybridized carbons (Fsp3) is 0.273. The molecule has 0 amide bonds. The summed E-state index contributed by atoms with van der Waals surface area (Å²) in [4.78, 5) is 0. The van der Waals surface area contributed by atoms with Crippen LogP contribution < -0.4 is 0 Å². The molecule has 2 aromatic rings. The maximum Gasteiger partial charge on any atom is 0.183 e. The predicted octanol–water partition coefficient (Wildman–Crippen LogP) is 3.92. The Labute approximate surface area is 101 Å². The number of nitrogens with zero attached hydrogens (tertiary/aromatic N) is 2. The Morgan fingerprint density at radius 2 is 2.20 bits per heavy atom. The smallest absolute Gasteiger partial charge is 0.137 e. The molecule has 78 valence electrons. The van der Waals surface area contributed by atoms with E-state index < -0.39 is 0 Å². The number of rotatable bonds is 3. The fourth-order valence-electron chi connectivity index (χ4n) is 1.47. The molecule has 0 aliphatic carbocycles. The van der Waals surface area contributed by atoms with Crippen LogP contribution in [0.3, 0.4) is 0 Å². The van der Waals surface area contributed by atoms with Crippen molar-refractivity contribution in [3.05, 3.63) is 33.7 Å². The summed E-state index contributed by atoms with van der Waals surface area (Å²) in [7, 11) is 0. The SMILES string of the molecule is CCCc1cccc(-c2nnc(Br)s2)c1. The lowest BCUT2D eigenvalue weighted by molar-refractivity contribution is 0.922. The molecule has 0 bridgehead atoms. The van der Waals surface area contributed by atoms with Gasteiger partial charge < -0.3 is 0 Å². The Kier molecular flexibility index (Phi) is 3.49. The highest BCUT2D eigenvalue weighted by molar-refractivity contribution is 9.11. The molecule has 0 atom stereocenters. The van der Waals surface area contributed by atoms with Crippen molar-refractivity contribution in [2.75, 3.05) is 0 Å². The van der Waals surface area contributed by atoms with Gasteiger partial charge in [-0.15, -0.1) is 10.2 Å². The van der Waals surface area contributed by atoms with E-state index in [1.165, 1.54) is 12.0 Å². The standard InChI is InChI=1S/C11H11BrN2S/c1-2-4-8-5-3-6-9(7-8)10-13-14-11(12)15-10/h3,5-7H,2,4H2,1H3. The van der Waals surface area contributed by atoms with Crippen LogP contribution in [0, 0.1) is 0 Å². The van der Waals surface area contributed by atoms with Crippen molar-refractivity contribution in [2.24, 2.45) is 0 Å². The lowest BCUT2D eigenvalue weighted by Gasteiger charge is -2.00. The van der Waals surface area contributed by atoms with Gasteiger partial charge in [0.25, 0.3) is 0 Å².